The van der Waals surface area contributed by atoms with Gasteiger partial charge in [-0.15, -0.1) is 0 Å². The SMILES string of the molecule is CC(C)CNC(=O)CNCc1ccc(C(C)(C)C)cc1. The van der Waals surface area contributed by atoms with E-state index in [1.807, 2.05) is 0 Å². The van der Waals surface area contributed by atoms with Gasteiger partial charge in [-0.3, -0.25) is 4.79 Å². The van der Waals surface area contributed by atoms with Crippen molar-refractivity contribution in [3.05, 3.63) is 35.4 Å². The van der Waals surface area contributed by atoms with E-state index in [0.717, 1.165) is 13.1 Å². The van der Waals surface area contributed by atoms with Crippen LogP contribution in [0.25, 0.3) is 0 Å². The maximum Gasteiger partial charge on any atom is 0.233 e. The summed E-state index contributed by atoms with van der Waals surface area (Å²) in [6.45, 7) is 12.6. The lowest BCUT2D eigenvalue weighted by Crippen LogP contribution is -2.35. The third-order valence-corrected chi connectivity index (χ3v) is 3.14. The Bertz CT molecular complexity index is 416. The Morgan fingerprint density at radius 1 is 1.15 bits per heavy atom. The normalized spacial score (nSPS) is 11.7. The van der Waals surface area contributed by atoms with Crippen LogP contribution in [0.5, 0.6) is 0 Å². The molecule has 0 spiro atoms. The van der Waals surface area contributed by atoms with Crippen molar-refractivity contribution in [2.45, 2.75) is 46.6 Å². The first-order chi connectivity index (χ1) is 9.29. The van der Waals surface area contributed by atoms with Crippen LogP contribution in [0.15, 0.2) is 24.3 Å². The first-order valence-corrected chi connectivity index (χ1v) is 7.36. The predicted molar refractivity (Wildman–Crippen MR) is 84.7 cm³/mol. The van der Waals surface area contributed by atoms with Gasteiger partial charge in [0.2, 0.25) is 5.91 Å². The molecule has 3 nitrogen and oxygen atoms in total. The number of carbonyl (C=O) groups excluding carboxylic acids is 1. The van der Waals surface area contributed by atoms with Crippen molar-refractivity contribution >= 4 is 5.91 Å². The van der Waals surface area contributed by atoms with E-state index in [-0.39, 0.29) is 11.3 Å². The number of hydrogen-bond donors (Lipinski definition) is 2. The second-order valence-corrected chi connectivity index (χ2v) is 6.75. The Labute approximate surface area is 123 Å². The van der Waals surface area contributed by atoms with Gasteiger partial charge in [-0.05, 0) is 22.5 Å². The van der Waals surface area contributed by atoms with Crippen molar-refractivity contribution in [1.82, 2.24) is 10.6 Å². The molecule has 112 valence electrons. The molecule has 0 fully saturated rings. The van der Waals surface area contributed by atoms with Gasteiger partial charge < -0.3 is 10.6 Å². The summed E-state index contributed by atoms with van der Waals surface area (Å²) in [7, 11) is 0. The first kappa shape index (κ1) is 16.7. The molecule has 0 saturated carbocycles. The standard InChI is InChI=1S/C17H28N2O/c1-13(2)10-19-16(20)12-18-11-14-6-8-15(9-7-14)17(3,4)5/h6-9,13,18H,10-12H2,1-5H3,(H,19,20). The highest BCUT2D eigenvalue weighted by molar-refractivity contribution is 5.77. The first-order valence-electron chi connectivity index (χ1n) is 7.36. The molecule has 0 unspecified atom stereocenters. The molecule has 0 heterocycles. The van der Waals surface area contributed by atoms with E-state index in [1.165, 1.54) is 11.1 Å². The quantitative estimate of drug-likeness (QED) is 0.839. The fourth-order valence-electron chi connectivity index (χ4n) is 1.82. The summed E-state index contributed by atoms with van der Waals surface area (Å²) in [6, 6.07) is 8.57. The van der Waals surface area contributed by atoms with Crippen molar-refractivity contribution in [3.8, 4) is 0 Å². The average Bonchev–Trinajstić information content (AvgIpc) is 2.36. The molecule has 0 saturated heterocycles. The van der Waals surface area contributed by atoms with Crippen LogP contribution < -0.4 is 10.6 Å². The van der Waals surface area contributed by atoms with Gasteiger partial charge in [-0.25, -0.2) is 0 Å². The summed E-state index contributed by atoms with van der Waals surface area (Å²) < 4.78 is 0. The van der Waals surface area contributed by atoms with Gasteiger partial charge in [-0.2, -0.15) is 0 Å². The third kappa shape index (κ3) is 6.20. The van der Waals surface area contributed by atoms with Crippen LogP contribution in [0.4, 0.5) is 0 Å². The van der Waals surface area contributed by atoms with Crippen LogP contribution in [0.3, 0.4) is 0 Å². The lowest BCUT2D eigenvalue weighted by atomic mass is 9.87. The van der Waals surface area contributed by atoms with Crippen LogP contribution in [-0.2, 0) is 16.8 Å². The second-order valence-electron chi connectivity index (χ2n) is 6.75. The van der Waals surface area contributed by atoms with E-state index in [9.17, 15) is 4.79 Å². The van der Waals surface area contributed by atoms with Crippen molar-refractivity contribution in [1.29, 1.82) is 0 Å². The Kier molecular flexibility index (Phi) is 6.21. The summed E-state index contributed by atoms with van der Waals surface area (Å²) in [4.78, 5) is 11.5. The summed E-state index contributed by atoms with van der Waals surface area (Å²) >= 11 is 0. The monoisotopic (exact) mass is 276 g/mol. The zero-order valence-electron chi connectivity index (χ0n) is 13.4. The van der Waals surface area contributed by atoms with E-state index in [1.54, 1.807) is 0 Å². The van der Waals surface area contributed by atoms with Crippen molar-refractivity contribution < 1.29 is 4.79 Å². The van der Waals surface area contributed by atoms with Crippen LogP contribution in [0.2, 0.25) is 0 Å². The zero-order valence-corrected chi connectivity index (χ0v) is 13.4. The Morgan fingerprint density at radius 3 is 2.25 bits per heavy atom. The highest BCUT2D eigenvalue weighted by Gasteiger charge is 2.12. The Hall–Kier alpha value is -1.35. The van der Waals surface area contributed by atoms with Gasteiger partial charge in [0.25, 0.3) is 0 Å². The van der Waals surface area contributed by atoms with Crippen LogP contribution in [0.1, 0.15) is 45.7 Å². The topological polar surface area (TPSA) is 41.1 Å². The Balaban J connectivity index is 2.34. The lowest BCUT2D eigenvalue weighted by Gasteiger charge is -2.19. The number of nitrogens with one attached hydrogen (secondary N) is 2. The third-order valence-electron chi connectivity index (χ3n) is 3.14. The van der Waals surface area contributed by atoms with E-state index < -0.39 is 0 Å². The molecular formula is C17H28N2O. The molecule has 0 aliphatic rings. The predicted octanol–water partition coefficient (Wildman–Crippen LogP) is 2.85. The summed E-state index contributed by atoms with van der Waals surface area (Å²) in [6.07, 6.45) is 0. The number of benzene rings is 1. The van der Waals surface area contributed by atoms with E-state index >= 15 is 0 Å². The highest BCUT2D eigenvalue weighted by Crippen LogP contribution is 2.21. The lowest BCUT2D eigenvalue weighted by molar-refractivity contribution is -0.120. The molecule has 20 heavy (non-hydrogen) atoms. The molecular weight excluding hydrogens is 248 g/mol. The van der Waals surface area contributed by atoms with Crippen molar-refractivity contribution in [2.75, 3.05) is 13.1 Å². The maximum atomic E-state index is 11.5. The fourth-order valence-corrected chi connectivity index (χ4v) is 1.82. The second kappa shape index (κ2) is 7.44. The minimum atomic E-state index is 0.0602. The largest absolute Gasteiger partial charge is 0.355 e. The molecule has 0 radical (unpaired) electrons. The van der Waals surface area contributed by atoms with Gasteiger partial charge >= 0.3 is 0 Å². The molecule has 1 rings (SSSR count). The fraction of sp³-hybridized carbons (Fsp3) is 0.588. The summed E-state index contributed by atoms with van der Waals surface area (Å²) in [5.74, 6) is 0.550. The average molecular weight is 276 g/mol. The van der Waals surface area contributed by atoms with Gasteiger partial charge in [0.15, 0.2) is 0 Å². The molecule has 3 heteroatoms. The number of hydrogen-bond acceptors (Lipinski definition) is 2. The molecule has 1 aromatic carbocycles. The minimum absolute atomic E-state index is 0.0602. The smallest absolute Gasteiger partial charge is 0.233 e. The number of amides is 1. The molecule has 0 aliphatic heterocycles. The molecule has 0 atom stereocenters. The molecule has 0 aliphatic carbocycles. The number of carbonyl (C=O) groups is 1. The van der Waals surface area contributed by atoms with Crippen LogP contribution in [-0.4, -0.2) is 19.0 Å². The van der Waals surface area contributed by atoms with Gasteiger partial charge in [-0.1, -0.05) is 58.9 Å². The molecule has 1 amide bonds. The number of rotatable bonds is 6. The molecule has 0 aromatic heterocycles. The molecule has 0 bridgehead atoms. The summed E-state index contributed by atoms with van der Waals surface area (Å²) in [5.41, 5.74) is 2.72. The van der Waals surface area contributed by atoms with Crippen LogP contribution in [0, 0.1) is 5.92 Å². The maximum absolute atomic E-state index is 11.5. The van der Waals surface area contributed by atoms with Gasteiger partial charge in [0.05, 0.1) is 6.54 Å². The van der Waals surface area contributed by atoms with Crippen molar-refractivity contribution in [3.63, 3.8) is 0 Å². The Morgan fingerprint density at radius 2 is 1.75 bits per heavy atom. The zero-order chi connectivity index (χ0) is 15.2. The highest BCUT2D eigenvalue weighted by atomic mass is 16.1. The van der Waals surface area contributed by atoms with Gasteiger partial charge in [0.1, 0.15) is 0 Å². The van der Waals surface area contributed by atoms with E-state index in [2.05, 4.69) is 69.5 Å². The minimum Gasteiger partial charge on any atom is -0.355 e. The summed E-state index contributed by atoms with van der Waals surface area (Å²) in [5, 5.41) is 6.07. The molecule has 1 aromatic rings. The van der Waals surface area contributed by atoms with Gasteiger partial charge in [0, 0.05) is 13.1 Å². The van der Waals surface area contributed by atoms with Crippen LogP contribution >= 0.6 is 0 Å². The van der Waals surface area contributed by atoms with E-state index in [4.69, 9.17) is 0 Å². The van der Waals surface area contributed by atoms with Crippen molar-refractivity contribution in [2.24, 2.45) is 5.92 Å². The van der Waals surface area contributed by atoms with E-state index in [0.29, 0.717) is 12.5 Å². The molecule has 2 N–H and O–H groups in total.